The Morgan fingerprint density at radius 1 is 1.37 bits per heavy atom. The van der Waals surface area contributed by atoms with Gasteiger partial charge >= 0.3 is 0 Å². The molecule has 2 rings (SSSR count). The number of benzene rings is 1. The molecule has 100 valence electrons. The summed E-state index contributed by atoms with van der Waals surface area (Å²) in [5.74, 6) is 4.90. The fourth-order valence-corrected chi connectivity index (χ4v) is 2.64. The Morgan fingerprint density at radius 3 is 2.89 bits per heavy atom. The summed E-state index contributed by atoms with van der Waals surface area (Å²) in [6.45, 7) is 4.14. The molecule has 4 heteroatoms. The normalized spacial score (nSPS) is 15.3. The minimum absolute atomic E-state index is 0.110. The van der Waals surface area contributed by atoms with Gasteiger partial charge in [-0.25, -0.2) is 0 Å². The summed E-state index contributed by atoms with van der Waals surface area (Å²) in [6.07, 6.45) is 4.01. The van der Waals surface area contributed by atoms with Crippen molar-refractivity contribution in [2.75, 3.05) is 0 Å². The van der Waals surface area contributed by atoms with Crippen molar-refractivity contribution >= 4 is 17.8 Å². The number of amides is 1. The minimum atomic E-state index is -0.110. The lowest BCUT2D eigenvalue weighted by molar-refractivity contribution is -0.116. The number of rotatable bonds is 2. The Hall–Kier alpha value is -2.10. The third kappa shape index (κ3) is 2.67. The highest BCUT2D eigenvalue weighted by atomic mass is 16.1. The summed E-state index contributed by atoms with van der Waals surface area (Å²) in [6, 6.07) is 6.26. The highest BCUT2D eigenvalue weighted by molar-refractivity contribution is 6.05. The molecule has 0 fully saturated rings. The first-order chi connectivity index (χ1) is 9.15. The predicted octanol–water partition coefficient (Wildman–Crippen LogP) is 2.12. The molecule has 0 spiro atoms. The largest absolute Gasteiger partial charge is 0.322 e. The van der Waals surface area contributed by atoms with Crippen molar-refractivity contribution in [3.8, 4) is 0 Å². The number of nitrogens with zero attached hydrogens (tertiary/aromatic N) is 1. The molecule has 0 aromatic heterocycles. The molecule has 0 aliphatic heterocycles. The zero-order valence-corrected chi connectivity index (χ0v) is 11.4. The van der Waals surface area contributed by atoms with Crippen molar-refractivity contribution in [2.45, 2.75) is 33.1 Å². The molecule has 0 saturated heterocycles. The van der Waals surface area contributed by atoms with Gasteiger partial charge in [0.1, 0.15) is 6.34 Å². The monoisotopic (exact) mass is 257 g/mol. The third-order valence-electron chi connectivity index (χ3n) is 3.66. The second-order valence-electron chi connectivity index (χ2n) is 4.81. The van der Waals surface area contributed by atoms with Gasteiger partial charge in [-0.15, -0.1) is 0 Å². The molecule has 0 heterocycles. The van der Waals surface area contributed by atoms with Gasteiger partial charge in [0.2, 0.25) is 0 Å². The molecule has 1 aromatic rings. The maximum Gasteiger partial charge on any atom is 0.252 e. The topological polar surface area (TPSA) is 67.5 Å². The first-order valence-electron chi connectivity index (χ1n) is 6.46. The highest BCUT2D eigenvalue weighted by Gasteiger charge is 2.19. The smallest absolute Gasteiger partial charge is 0.252 e. The molecule has 0 radical (unpaired) electrons. The summed E-state index contributed by atoms with van der Waals surface area (Å²) in [4.78, 5) is 12.1. The van der Waals surface area contributed by atoms with Crippen LogP contribution >= 0.6 is 0 Å². The van der Waals surface area contributed by atoms with E-state index in [1.54, 1.807) is 0 Å². The molecular weight excluding hydrogens is 238 g/mol. The second kappa shape index (κ2) is 5.69. The predicted molar refractivity (Wildman–Crippen MR) is 77.5 cm³/mol. The Balaban J connectivity index is 2.44. The summed E-state index contributed by atoms with van der Waals surface area (Å²) in [5, 5.41) is 5.89. The lowest BCUT2D eigenvalue weighted by Gasteiger charge is -2.11. The number of hydrogen-bond donors (Lipinski definition) is 2. The molecule has 1 aromatic carbocycles. The molecule has 0 bridgehead atoms. The summed E-state index contributed by atoms with van der Waals surface area (Å²) >= 11 is 0. The van der Waals surface area contributed by atoms with Crippen molar-refractivity contribution in [3.05, 3.63) is 40.5 Å². The number of nitrogens with one attached hydrogen (secondary N) is 1. The van der Waals surface area contributed by atoms with Gasteiger partial charge in [-0.1, -0.05) is 18.2 Å². The van der Waals surface area contributed by atoms with Gasteiger partial charge in [0.25, 0.3) is 5.91 Å². The van der Waals surface area contributed by atoms with E-state index >= 15 is 0 Å². The van der Waals surface area contributed by atoms with Gasteiger partial charge in [0.05, 0.1) is 0 Å². The Bertz CT molecular complexity index is 559. The van der Waals surface area contributed by atoms with E-state index in [4.69, 9.17) is 5.84 Å². The summed E-state index contributed by atoms with van der Waals surface area (Å²) < 4.78 is 0. The van der Waals surface area contributed by atoms with Crippen LogP contribution in [0, 0.1) is 6.92 Å². The van der Waals surface area contributed by atoms with Gasteiger partial charge in [-0.2, -0.15) is 5.10 Å². The number of aryl methyl sites for hydroxylation is 1. The van der Waals surface area contributed by atoms with Gasteiger partial charge < -0.3 is 11.2 Å². The number of fused-ring (bicyclic) bond motifs is 1. The van der Waals surface area contributed by atoms with Crippen LogP contribution in [-0.2, 0) is 11.2 Å². The number of hydrazone groups is 1. The average Bonchev–Trinajstić information content (AvgIpc) is 2.57. The average molecular weight is 257 g/mol. The quantitative estimate of drug-likeness (QED) is 0.369. The fourth-order valence-electron chi connectivity index (χ4n) is 2.64. The van der Waals surface area contributed by atoms with Crippen molar-refractivity contribution in [2.24, 2.45) is 10.9 Å². The molecular formula is C15H19N3O. The van der Waals surface area contributed by atoms with Gasteiger partial charge in [-0.05, 0) is 55.4 Å². The van der Waals surface area contributed by atoms with Crippen LogP contribution in [0.4, 0.5) is 0 Å². The number of hydrogen-bond acceptors (Lipinski definition) is 3. The third-order valence-corrected chi connectivity index (χ3v) is 3.66. The van der Waals surface area contributed by atoms with Crippen molar-refractivity contribution in [1.82, 2.24) is 5.32 Å². The zero-order chi connectivity index (χ0) is 13.8. The van der Waals surface area contributed by atoms with Crippen molar-refractivity contribution in [3.63, 3.8) is 0 Å². The van der Waals surface area contributed by atoms with Gasteiger partial charge in [0, 0.05) is 5.57 Å². The summed E-state index contributed by atoms with van der Waals surface area (Å²) in [7, 11) is 0. The highest BCUT2D eigenvalue weighted by Crippen LogP contribution is 2.31. The van der Waals surface area contributed by atoms with Crippen molar-refractivity contribution < 1.29 is 4.79 Å². The molecule has 1 aliphatic carbocycles. The molecule has 0 saturated carbocycles. The van der Waals surface area contributed by atoms with E-state index < -0.39 is 0 Å². The second-order valence-corrected chi connectivity index (χ2v) is 4.81. The maximum atomic E-state index is 12.1. The van der Waals surface area contributed by atoms with Gasteiger partial charge in [0.15, 0.2) is 0 Å². The number of carbonyl (C=O) groups is 1. The van der Waals surface area contributed by atoms with Crippen LogP contribution in [0.5, 0.6) is 0 Å². The van der Waals surface area contributed by atoms with Crippen LogP contribution in [0.25, 0.3) is 5.57 Å². The molecule has 0 unspecified atom stereocenters. The zero-order valence-electron chi connectivity index (χ0n) is 11.4. The minimum Gasteiger partial charge on any atom is -0.322 e. The van der Waals surface area contributed by atoms with Crippen LogP contribution in [0.15, 0.2) is 28.9 Å². The van der Waals surface area contributed by atoms with E-state index in [9.17, 15) is 4.79 Å². The summed E-state index contributed by atoms with van der Waals surface area (Å²) in [5.41, 5.74) is 5.72. The van der Waals surface area contributed by atoms with E-state index in [-0.39, 0.29) is 5.91 Å². The van der Waals surface area contributed by atoms with Gasteiger partial charge in [-0.3, -0.25) is 4.79 Å². The molecule has 0 atom stereocenters. The van der Waals surface area contributed by atoms with E-state index in [1.165, 1.54) is 23.0 Å². The van der Waals surface area contributed by atoms with Crippen LogP contribution in [0.2, 0.25) is 0 Å². The molecule has 19 heavy (non-hydrogen) atoms. The van der Waals surface area contributed by atoms with Crippen LogP contribution < -0.4 is 11.2 Å². The SMILES string of the molecule is CC1=C(C(=O)NC=NN)CCCc2c(C)cccc21. The van der Waals surface area contributed by atoms with Crippen molar-refractivity contribution in [1.29, 1.82) is 0 Å². The van der Waals surface area contributed by atoms with E-state index in [2.05, 4.69) is 29.5 Å². The molecule has 1 aliphatic rings. The first-order valence-corrected chi connectivity index (χ1v) is 6.46. The standard InChI is InChI=1S/C15H19N3O/c1-10-5-3-7-13-11(2)14(8-4-6-12(10)13)15(19)17-9-18-16/h3,5,7,9H,4,6,8,16H2,1-2H3,(H,17,18,19). The number of nitrogens with two attached hydrogens (primary N) is 1. The Labute approximate surface area is 113 Å². The molecule has 4 nitrogen and oxygen atoms in total. The molecule has 3 N–H and O–H groups in total. The Kier molecular flexibility index (Phi) is 4.00. The van der Waals surface area contributed by atoms with Crippen LogP contribution in [0.1, 0.15) is 36.5 Å². The molecule has 1 amide bonds. The number of allylic oxidation sites excluding steroid dienone is 1. The lowest BCUT2D eigenvalue weighted by Crippen LogP contribution is -2.24. The van der Waals surface area contributed by atoms with E-state index in [0.717, 1.165) is 30.4 Å². The van der Waals surface area contributed by atoms with E-state index in [0.29, 0.717) is 0 Å². The first kappa shape index (κ1) is 13.3. The van der Waals surface area contributed by atoms with Crippen LogP contribution in [-0.4, -0.2) is 12.2 Å². The lowest BCUT2D eigenvalue weighted by atomic mass is 9.94. The number of carbonyl (C=O) groups excluding carboxylic acids is 1. The van der Waals surface area contributed by atoms with Crippen LogP contribution in [0.3, 0.4) is 0 Å². The maximum absolute atomic E-state index is 12.1. The van der Waals surface area contributed by atoms with E-state index in [1.807, 2.05) is 13.0 Å². The Morgan fingerprint density at radius 2 is 2.16 bits per heavy atom. The fraction of sp³-hybridized carbons (Fsp3) is 0.333.